The molecule has 10 atom stereocenters. The van der Waals surface area contributed by atoms with Crippen molar-refractivity contribution in [1.82, 2.24) is 10.6 Å². The molecule has 0 radical (unpaired) electrons. The molecule has 2 nitrogen and oxygen atoms in total. The molecule has 7 fully saturated rings. The van der Waals surface area contributed by atoms with Crippen molar-refractivity contribution in [3.05, 3.63) is 0 Å². The minimum absolute atomic E-state index is 0.519. The minimum Gasteiger partial charge on any atom is -0.310 e. The van der Waals surface area contributed by atoms with Crippen LogP contribution in [0, 0.1) is 46.8 Å². The lowest BCUT2D eigenvalue weighted by Gasteiger charge is -2.49. The van der Waals surface area contributed by atoms with E-state index in [2.05, 4.69) is 17.6 Å². The van der Waals surface area contributed by atoms with Gasteiger partial charge < -0.3 is 10.6 Å². The average Bonchev–Trinajstić information content (AvgIpc) is 3.04. The van der Waals surface area contributed by atoms with Gasteiger partial charge in [0.2, 0.25) is 0 Å². The lowest BCUT2D eigenvalue weighted by atomic mass is 9.56. The summed E-state index contributed by atoms with van der Waals surface area (Å²) in [5.74, 6) is 7.58. The van der Waals surface area contributed by atoms with Crippen molar-refractivity contribution >= 4 is 0 Å². The Labute approximate surface area is 166 Å². The standard InChI is InChI=1S/C25H40N2/c1-2-16-5-18-7-19-12-23(9-16,14-22(18)19)26-3-4-27-24-10-17-6-20-8-21(13-24)25(20,11-17)15-24/h16-22,26-27H,2-15H2,1H3/t16?,17?,18?,19?,20?,21?,22-,23?,24?,25-/m0/s1. The monoisotopic (exact) mass is 368 g/mol. The molecule has 2 heteroatoms. The number of hydrogen-bond acceptors (Lipinski definition) is 2. The fourth-order valence-corrected chi connectivity index (χ4v) is 10.8. The smallest absolute Gasteiger partial charge is 0.0193 e. The van der Waals surface area contributed by atoms with Gasteiger partial charge in [-0.3, -0.25) is 0 Å². The first-order valence-corrected chi connectivity index (χ1v) is 12.6. The van der Waals surface area contributed by atoms with Gasteiger partial charge in [-0.1, -0.05) is 13.3 Å². The maximum atomic E-state index is 4.18. The van der Waals surface area contributed by atoms with Crippen molar-refractivity contribution in [2.45, 2.75) is 95.1 Å². The first-order chi connectivity index (χ1) is 13.1. The molecule has 0 heterocycles. The van der Waals surface area contributed by atoms with Crippen LogP contribution >= 0.6 is 0 Å². The second-order valence-electron chi connectivity index (χ2n) is 12.7. The van der Waals surface area contributed by atoms with Crippen LogP contribution in [-0.4, -0.2) is 24.2 Å². The molecule has 0 aliphatic heterocycles. The molecule has 7 saturated carbocycles. The van der Waals surface area contributed by atoms with Crippen molar-refractivity contribution < 1.29 is 0 Å². The molecule has 0 saturated heterocycles. The highest BCUT2D eigenvalue weighted by Gasteiger charge is 2.70. The highest BCUT2D eigenvalue weighted by Crippen LogP contribution is 2.76. The van der Waals surface area contributed by atoms with Crippen molar-refractivity contribution in [2.24, 2.45) is 46.8 Å². The van der Waals surface area contributed by atoms with E-state index in [-0.39, 0.29) is 0 Å². The first kappa shape index (κ1) is 16.7. The van der Waals surface area contributed by atoms with E-state index >= 15 is 0 Å². The molecule has 8 unspecified atom stereocenters. The molecule has 0 aromatic heterocycles. The summed E-state index contributed by atoms with van der Waals surface area (Å²) in [5, 5.41) is 8.35. The van der Waals surface area contributed by atoms with Crippen molar-refractivity contribution in [3.8, 4) is 0 Å². The maximum Gasteiger partial charge on any atom is 0.0193 e. The van der Waals surface area contributed by atoms with Crippen molar-refractivity contribution in [2.75, 3.05) is 13.1 Å². The van der Waals surface area contributed by atoms with E-state index in [1.54, 1.807) is 38.5 Å². The zero-order chi connectivity index (χ0) is 17.9. The van der Waals surface area contributed by atoms with Gasteiger partial charge in [0, 0.05) is 24.2 Å². The Morgan fingerprint density at radius 1 is 0.741 bits per heavy atom. The number of fused-ring (bicyclic) bond motifs is 3. The predicted molar refractivity (Wildman–Crippen MR) is 109 cm³/mol. The van der Waals surface area contributed by atoms with Gasteiger partial charge in [-0.25, -0.2) is 0 Å². The van der Waals surface area contributed by atoms with E-state index in [4.69, 9.17) is 0 Å². The molecule has 7 aliphatic rings. The van der Waals surface area contributed by atoms with Crippen LogP contribution in [0.15, 0.2) is 0 Å². The Kier molecular flexibility index (Phi) is 3.30. The Morgan fingerprint density at radius 2 is 1.63 bits per heavy atom. The highest BCUT2D eigenvalue weighted by molar-refractivity contribution is 5.23. The van der Waals surface area contributed by atoms with Crippen LogP contribution in [-0.2, 0) is 0 Å². The summed E-state index contributed by atoms with van der Waals surface area (Å²) < 4.78 is 0. The van der Waals surface area contributed by atoms with Crippen LogP contribution in [0.5, 0.6) is 0 Å². The van der Waals surface area contributed by atoms with E-state index < -0.39 is 0 Å². The maximum absolute atomic E-state index is 4.18. The van der Waals surface area contributed by atoms with Crippen LogP contribution in [0.1, 0.15) is 84.0 Å². The molecule has 0 aromatic carbocycles. The van der Waals surface area contributed by atoms with E-state index in [9.17, 15) is 0 Å². The lowest BCUT2D eigenvalue weighted by molar-refractivity contribution is -0.000782. The topological polar surface area (TPSA) is 24.1 Å². The van der Waals surface area contributed by atoms with E-state index in [0.717, 1.165) is 46.8 Å². The molecular weight excluding hydrogens is 328 g/mol. The van der Waals surface area contributed by atoms with E-state index in [1.807, 2.05) is 0 Å². The van der Waals surface area contributed by atoms with Gasteiger partial charge in [0.05, 0.1) is 0 Å². The van der Waals surface area contributed by atoms with Crippen LogP contribution in [0.2, 0.25) is 0 Å². The SMILES string of the molecule is CCC1CC2CC3CC(NCCNC45CC6CC7CC(C4)[C@@]7(C6)C5)(C1)C[C@@H]23. The van der Waals surface area contributed by atoms with Crippen molar-refractivity contribution in [3.63, 3.8) is 0 Å². The summed E-state index contributed by atoms with van der Waals surface area (Å²) in [7, 11) is 0. The van der Waals surface area contributed by atoms with E-state index in [1.165, 1.54) is 51.6 Å². The van der Waals surface area contributed by atoms with Crippen LogP contribution < -0.4 is 10.6 Å². The van der Waals surface area contributed by atoms with Crippen LogP contribution in [0.25, 0.3) is 0 Å². The molecule has 7 aliphatic carbocycles. The summed E-state index contributed by atoms with van der Waals surface area (Å²) in [6.07, 6.45) is 18.4. The molecule has 0 aromatic rings. The van der Waals surface area contributed by atoms with Gasteiger partial charge in [-0.15, -0.1) is 0 Å². The van der Waals surface area contributed by atoms with Gasteiger partial charge in [0.1, 0.15) is 0 Å². The van der Waals surface area contributed by atoms with Gasteiger partial charge in [0.25, 0.3) is 0 Å². The predicted octanol–water partition coefficient (Wildman–Crippen LogP) is 4.74. The van der Waals surface area contributed by atoms with Crippen LogP contribution in [0.4, 0.5) is 0 Å². The first-order valence-electron chi connectivity index (χ1n) is 12.6. The second-order valence-corrected chi connectivity index (χ2v) is 12.7. The third-order valence-electron chi connectivity index (χ3n) is 11.6. The molecule has 2 N–H and O–H groups in total. The average molecular weight is 369 g/mol. The van der Waals surface area contributed by atoms with Gasteiger partial charge in [-0.05, 0) is 117 Å². The molecule has 0 amide bonds. The quantitative estimate of drug-likeness (QED) is 0.662. The van der Waals surface area contributed by atoms with Crippen molar-refractivity contribution in [1.29, 1.82) is 0 Å². The molecule has 5 bridgehead atoms. The van der Waals surface area contributed by atoms with Gasteiger partial charge >= 0.3 is 0 Å². The summed E-state index contributed by atoms with van der Waals surface area (Å²) in [4.78, 5) is 0. The Morgan fingerprint density at radius 3 is 2.52 bits per heavy atom. The molecule has 27 heavy (non-hydrogen) atoms. The lowest BCUT2D eigenvalue weighted by Crippen LogP contribution is -2.52. The number of rotatable bonds is 6. The Balaban J connectivity index is 0.997. The number of hydrogen-bond donors (Lipinski definition) is 2. The number of nitrogens with one attached hydrogen (secondary N) is 2. The van der Waals surface area contributed by atoms with Crippen LogP contribution in [0.3, 0.4) is 0 Å². The van der Waals surface area contributed by atoms with Gasteiger partial charge in [-0.2, -0.15) is 0 Å². The largest absolute Gasteiger partial charge is 0.310 e. The Hall–Kier alpha value is -0.0800. The molecule has 7 rings (SSSR count). The normalized spacial score (nSPS) is 61.4. The zero-order valence-electron chi connectivity index (χ0n) is 17.4. The highest BCUT2D eigenvalue weighted by atomic mass is 15.1. The molecular formula is C25H40N2. The summed E-state index contributed by atoms with van der Waals surface area (Å²) in [5.41, 5.74) is 1.90. The fourth-order valence-electron chi connectivity index (χ4n) is 10.8. The fraction of sp³-hybridized carbons (Fsp3) is 1.00. The summed E-state index contributed by atoms with van der Waals surface area (Å²) >= 11 is 0. The molecule has 1 spiro atoms. The summed E-state index contributed by atoms with van der Waals surface area (Å²) in [6.45, 7) is 4.87. The van der Waals surface area contributed by atoms with E-state index in [0.29, 0.717) is 11.1 Å². The Bertz CT molecular complexity index is 642. The zero-order valence-corrected chi connectivity index (χ0v) is 17.4. The second kappa shape index (κ2) is 5.34. The third-order valence-corrected chi connectivity index (χ3v) is 11.6. The van der Waals surface area contributed by atoms with Gasteiger partial charge in [0.15, 0.2) is 0 Å². The summed E-state index contributed by atoms with van der Waals surface area (Å²) in [6, 6.07) is 0. The molecule has 150 valence electrons. The minimum atomic E-state index is 0.519. The third kappa shape index (κ3) is 2.16.